The summed E-state index contributed by atoms with van der Waals surface area (Å²) < 4.78 is 1.73. The van der Waals surface area contributed by atoms with Crippen molar-refractivity contribution in [2.24, 2.45) is 7.05 Å². The molecule has 3 aromatic heterocycles. The van der Waals surface area contributed by atoms with Crippen molar-refractivity contribution in [1.82, 2.24) is 29.6 Å². The number of aromatic nitrogens is 5. The molecule has 4 rings (SSSR count). The summed E-state index contributed by atoms with van der Waals surface area (Å²) in [5.41, 5.74) is 6.63. The summed E-state index contributed by atoms with van der Waals surface area (Å²) in [6.07, 6.45) is 8.16. The molecule has 0 spiro atoms. The van der Waals surface area contributed by atoms with Gasteiger partial charge in [-0.25, -0.2) is 9.97 Å². The number of amides is 1. The second kappa shape index (κ2) is 7.97. The van der Waals surface area contributed by atoms with Gasteiger partial charge < -0.3 is 4.90 Å². The van der Waals surface area contributed by atoms with E-state index in [0.29, 0.717) is 18.1 Å². The van der Waals surface area contributed by atoms with Crippen LogP contribution < -0.4 is 0 Å². The van der Waals surface area contributed by atoms with Crippen LogP contribution in [0.2, 0.25) is 0 Å². The van der Waals surface area contributed by atoms with Gasteiger partial charge >= 0.3 is 0 Å². The number of nitrogens with zero attached hydrogens (tertiary/aromatic N) is 6. The van der Waals surface area contributed by atoms with Crippen LogP contribution in [-0.4, -0.2) is 42.1 Å². The molecule has 7 heteroatoms. The third kappa shape index (κ3) is 3.38. The van der Waals surface area contributed by atoms with Crippen molar-refractivity contribution >= 4 is 5.91 Å². The van der Waals surface area contributed by atoms with Crippen molar-refractivity contribution in [1.29, 1.82) is 0 Å². The smallest absolute Gasteiger partial charge is 0.272 e. The molecule has 3 aromatic rings. The molecule has 1 fully saturated rings. The molecule has 1 unspecified atom stereocenters. The second-order valence-corrected chi connectivity index (χ2v) is 7.96. The Balaban J connectivity index is 1.78. The van der Waals surface area contributed by atoms with E-state index in [4.69, 9.17) is 4.98 Å². The summed E-state index contributed by atoms with van der Waals surface area (Å²) in [4.78, 5) is 29.1. The lowest BCUT2D eigenvalue weighted by atomic mass is 9.97. The summed E-state index contributed by atoms with van der Waals surface area (Å²) in [5.74, 6) is 0.739. The van der Waals surface area contributed by atoms with Crippen LogP contribution in [0.25, 0.3) is 11.1 Å². The molecule has 0 N–H and O–H groups in total. The number of hydrogen-bond donors (Lipinski definition) is 0. The zero-order valence-electron chi connectivity index (χ0n) is 18.3. The molecule has 0 aliphatic carbocycles. The van der Waals surface area contributed by atoms with E-state index in [-0.39, 0.29) is 11.9 Å². The molecular weight excluding hydrogens is 376 g/mol. The molecule has 4 heterocycles. The second-order valence-electron chi connectivity index (χ2n) is 7.96. The fourth-order valence-corrected chi connectivity index (χ4v) is 4.47. The van der Waals surface area contributed by atoms with Gasteiger partial charge in [0.25, 0.3) is 5.91 Å². The Bertz CT molecular complexity index is 1100. The lowest BCUT2D eigenvalue weighted by molar-refractivity contribution is 0.0721. The van der Waals surface area contributed by atoms with Crippen LogP contribution in [0.15, 0.2) is 24.7 Å². The summed E-state index contributed by atoms with van der Waals surface area (Å²) in [6.45, 7) is 8.70. The van der Waals surface area contributed by atoms with Crippen LogP contribution in [0.3, 0.4) is 0 Å². The third-order valence-corrected chi connectivity index (χ3v) is 6.00. The molecule has 0 bridgehead atoms. The molecule has 1 amide bonds. The van der Waals surface area contributed by atoms with Gasteiger partial charge in [-0.2, -0.15) is 5.10 Å². The first-order valence-corrected chi connectivity index (χ1v) is 10.5. The van der Waals surface area contributed by atoms with Gasteiger partial charge in [-0.3, -0.25) is 14.5 Å². The average molecular weight is 405 g/mol. The highest BCUT2D eigenvalue weighted by atomic mass is 16.2. The minimum absolute atomic E-state index is 0.0263. The first kappa shape index (κ1) is 20.2. The fourth-order valence-electron chi connectivity index (χ4n) is 4.47. The van der Waals surface area contributed by atoms with E-state index in [1.54, 1.807) is 10.9 Å². The molecule has 30 heavy (non-hydrogen) atoms. The van der Waals surface area contributed by atoms with Gasteiger partial charge in [0.15, 0.2) is 0 Å². The Morgan fingerprint density at radius 1 is 1.20 bits per heavy atom. The van der Waals surface area contributed by atoms with E-state index in [1.807, 2.05) is 51.2 Å². The van der Waals surface area contributed by atoms with Crippen LogP contribution in [-0.2, 0) is 13.5 Å². The number of carbonyl (C=O) groups is 1. The maximum absolute atomic E-state index is 13.6. The van der Waals surface area contributed by atoms with Crippen LogP contribution in [0.4, 0.5) is 0 Å². The fraction of sp³-hybridized carbons (Fsp3) is 0.435. The Morgan fingerprint density at radius 2 is 2.00 bits per heavy atom. The Morgan fingerprint density at radius 3 is 2.70 bits per heavy atom. The van der Waals surface area contributed by atoms with Crippen molar-refractivity contribution in [2.75, 3.05) is 6.54 Å². The molecule has 0 saturated carbocycles. The molecule has 1 aliphatic heterocycles. The number of likely N-dealkylation sites (tertiary alicyclic amines) is 1. The normalized spacial score (nSPS) is 16.3. The van der Waals surface area contributed by atoms with E-state index in [2.05, 4.69) is 22.0 Å². The van der Waals surface area contributed by atoms with Crippen LogP contribution in [0.5, 0.6) is 0 Å². The lowest BCUT2D eigenvalue weighted by Gasteiger charge is -2.26. The lowest BCUT2D eigenvalue weighted by Crippen LogP contribution is -2.33. The molecule has 0 radical (unpaired) electrons. The first-order chi connectivity index (χ1) is 14.4. The highest BCUT2D eigenvalue weighted by molar-refractivity contribution is 5.95. The largest absolute Gasteiger partial charge is 0.329 e. The van der Waals surface area contributed by atoms with Crippen molar-refractivity contribution in [3.63, 3.8) is 0 Å². The predicted octanol–water partition coefficient (Wildman–Crippen LogP) is 3.74. The monoisotopic (exact) mass is 404 g/mol. The molecule has 0 aromatic carbocycles. The van der Waals surface area contributed by atoms with Crippen LogP contribution in [0.1, 0.15) is 64.6 Å². The summed E-state index contributed by atoms with van der Waals surface area (Å²) in [5, 5.41) is 4.55. The van der Waals surface area contributed by atoms with Gasteiger partial charge in [0.2, 0.25) is 0 Å². The molecule has 1 atom stereocenters. The van der Waals surface area contributed by atoms with Crippen LogP contribution >= 0.6 is 0 Å². The van der Waals surface area contributed by atoms with E-state index in [9.17, 15) is 4.79 Å². The summed E-state index contributed by atoms with van der Waals surface area (Å²) in [6, 6.07) is 1.91. The Kier molecular flexibility index (Phi) is 5.37. The average Bonchev–Trinajstić information content (AvgIpc) is 3.32. The number of aryl methyl sites for hydroxylation is 4. The number of carbonyl (C=O) groups excluding carboxylic acids is 1. The highest BCUT2D eigenvalue weighted by Gasteiger charge is 2.35. The number of rotatable bonds is 4. The Hall–Kier alpha value is -3.09. The van der Waals surface area contributed by atoms with Crippen LogP contribution in [0, 0.1) is 20.8 Å². The maximum Gasteiger partial charge on any atom is 0.272 e. The van der Waals surface area contributed by atoms with Crippen molar-refractivity contribution in [3.8, 4) is 11.1 Å². The predicted molar refractivity (Wildman–Crippen MR) is 115 cm³/mol. The van der Waals surface area contributed by atoms with E-state index in [1.165, 1.54) is 0 Å². The molecule has 1 saturated heterocycles. The van der Waals surface area contributed by atoms with Crippen molar-refractivity contribution < 1.29 is 4.79 Å². The first-order valence-electron chi connectivity index (χ1n) is 10.5. The van der Waals surface area contributed by atoms with Gasteiger partial charge in [-0.05, 0) is 57.2 Å². The number of hydrogen-bond acceptors (Lipinski definition) is 5. The van der Waals surface area contributed by atoms with Gasteiger partial charge in [-0.15, -0.1) is 0 Å². The van der Waals surface area contributed by atoms with Gasteiger partial charge in [-0.1, -0.05) is 6.92 Å². The zero-order valence-corrected chi connectivity index (χ0v) is 18.3. The summed E-state index contributed by atoms with van der Waals surface area (Å²) >= 11 is 0. The van der Waals surface area contributed by atoms with E-state index in [0.717, 1.165) is 52.9 Å². The van der Waals surface area contributed by atoms with Crippen molar-refractivity contribution in [2.45, 2.75) is 53.0 Å². The molecule has 7 nitrogen and oxygen atoms in total. The quantitative estimate of drug-likeness (QED) is 0.662. The van der Waals surface area contributed by atoms with E-state index >= 15 is 0 Å². The van der Waals surface area contributed by atoms with Crippen molar-refractivity contribution in [3.05, 3.63) is 58.7 Å². The summed E-state index contributed by atoms with van der Waals surface area (Å²) in [7, 11) is 1.85. The molecular formula is C23H28N6O. The van der Waals surface area contributed by atoms with E-state index < -0.39 is 0 Å². The molecule has 1 aliphatic rings. The SMILES string of the molecule is CCc1nn(C)c(C(=O)N2CCCC2c2nc(C)ncc2-c2ccncc2C)c1C. The van der Waals surface area contributed by atoms with Gasteiger partial charge in [0.1, 0.15) is 11.5 Å². The Labute approximate surface area is 177 Å². The minimum atomic E-state index is -0.0823. The highest BCUT2D eigenvalue weighted by Crippen LogP contribution is 2.38. The molecule has 156 valence electrons. The minimum Gasteiger partial charge on any atom is -0.329 e. The number of pyridine rings is 1. The standard InChI is InChI=1S/C23H28N6O/c1-6-19-15(3)22(28(5)27-19)23(30)29-11-7-8-20(29)21-18(13-25-16(4)26-21)17-9-10-24-12-14(17)2/h9-10,12-13,20H,6-8,11H2,1-5H3. The van der Waals surface area contributed by atoms with Gasteiger partial charge in [0, 0.05) is 43.3 Å². The third-order valence-electron chi connectivity index (χ3n) is 6.00. The zero-order chi connectivity index (χ0) is 21.4. The maximum atomic E-state index is 13.6. The van der Waals surface area contributed by atoms with Gasteiger partial charge in [0.05, 0.1) is 17.4 Å². The topological polar surface area (TPSA) is 76.8 Å².